The van der Waals surface area contributed by atoms with Gasteiger partial charge in [-0.2, -0.15) is 10.1 Å². The quantitative estimate of drug-likeness (QED) is 0.546. The first-order valence-corrected chi connectivity index (χ1v) is 9.46. The average molecular weight is 412 g/mol. The summed E-state index contributed by atoms with van der Waals surface area (Å²) in [6.45, 7) is 4.31. The molecule has 10 heteroatoms. The van der Waals surface area contributed by atoms with Crippen molar-refractivity contribution in [3.05, 3.63) is 47.5 Å². The minimum atomic E-state index is -0.586. The summed E-state index contributed by atoms with van der Waals surface area (Å²) >= 11 is 0. The van der Waals surface area contributed by atoms with Gasteiger partial charge in [-0.15, -0.1) is 0 Å². The second-order valence-electron chi connectivity index (χ2n) is 6.62. The van der Waals surface area contributed by atoms with Crippen LogP contribution in [-0.4, -0.2) is 51.9 Å². The Morgan fingerprint density at radius 1 is 1.13 bits per heavy atom. The number of ether oxygens (including phenoxy) is 2. The normalized spacial score (nSPS) is 10.8. The minimum absolute atomic E-state index is 0.146. The minimum Gasteiger partial charge on any atom is -0.447 e. The van der Waals surface area contributed by atoms with E-state index in [0.29, 0.717) is 30.2 Å². The van der Waals surface area contributed by atoms with Crippen LogP contribution in [-0.2, 0) is 20.7 Å². The number of anilines is 2. The maximum absolute atomic E-state index is 12.4. The molecule has 1 aromatic carbocycles. The lowest BCUT2D eigenvalue weighted by atomic mass is 10.1. The molecule has 0 aliphatic rings. The molecular weight excluding hydrogens is 388 g/mol. The van der Waals surface area contributed by atoms with Gasteiger partial charge in [0.1, 0.15) is 12.9 Å². The number of aryl methyl sites for hydroxylation is 2. The van der Waals surface area contributed by atoms with Crippen LogP contribution in [0.5, 0.6) is 0 Å². The van der Waals surface area contributed by atoms with Gasteiger partial charge in [0, 0.05) is 36.3 Å². The van der Waals surface area contributed by atoms with E-state index >= 15 is 0 Å². The SMILES string of the molecule is COCCOC(=O)Nc1cccc(NC(=O)CCc2c(C)nc3ncnn3c2C)c1. The zero-order valence-electron chi connectivity index (χ0n) is 17.1. The number of methoxy groups -OCH3 is 1. The fourth-order valence-corrected chi connectivity index (χ4v) is 3.03. The number of fused-ring (bicyclic) bond motifs is 1. The Labute approximate surface area is 173 Å². The van der Waals surface area contributed by atoms with Crippen LogP contribution >= 0.6 is 0 Å². The van der Waals surface area contributed by atoms with Gasteiger partial charge in [0.15, 0.2) is 0 Å². The van der Waals surface area contributed by atoms with E-state index in [1.807, 2.05) is 13.8 Å². The van der Waals surface area contributed by atoms with E-state index in [1.54, 1.807) is 28.8 Å². The van der Waals surface area contributed by atoms with Crippen molar-refractivity contribution in [3.8, 4) is 0 Å². The zero-order valence-corrected chi connectivity index (χ0v) is 17.1. The molecule has 30 heavy (non-hydrogen) atoms. The molecule has 0 fully saturated rings. The van der Waals surface area contributed by atoms with Crippen LogP contribution in [0.25, 0.3) is 5.78 Å². The summed E-state index contributed by atoms with van der Waals surface area (Å²) in [6, 6.07) is 6.85. The smallest absolute Gasteiger partial charge is 0.411 e. The van der Waals surface area contributed by atoms with E-state index in [4.69, 9.17) is 9.47 Å². The van der Waals surface area contributed by atoms with Crippen LogP contribution in [0.2, 0.25) is 0 Å². The third-order valence-corrected chi connectivity index (χ3v) is 4.50. The molecule has 2 aromatic heterocycles. The molecule has 0 saturated heterocycles. The molecule has 2 heterocycles. The van der Waals surface area contributed by atoms with Crippen molar-refractivity contribution in [2.24, 2.45) is 0 Å². The van der Waals surface area contributed by atoms with Gasteiger partial charge in [-0.3, -0.25) is 10.1 Å². The third kappa shape index (κ3) is 5.29. The summed E-state index contributed by atoms with van der Waals surface area (Å²) in [5.41, 5.74) is 3.81. The Hall–Kier alpha value is -3.53. The average Bonchev–Trinajstić information content (AvgIpc) is 3.17. The Morgan fingerprint density at radius 2 is 1.90 bits per heavy atom. The first-order chi connectivity index (χ1) is 14.5. The van der Waals surface area contributed by atoms with Gasteiger partial charge < -0.3 is 14.8 Å². The number of nitrogens with one attached hydrogen (secondary N) is 2. The number of aromatic nitrogens is 4. The van der Waals surface area contributed by atoms with Gasteiger partial charge in [-0.05, 0) is 44.0 Å². The summed E-state index contributed by atoms with van der Waals surface area (Å²) < 4.78 is 11.5. The number of carbonyl (C=O) groups excluding carboxylic acids is 2. The number of nitrogens with zero attached hydrogens (tertiary/aromatic N) is 4. The second-order valence-corrected chi connectivity index (χ2v) is 6.62. The Bertz CT molecular complexity index is 1050. The maximum Gasteiger partial charge on any atom is 0.411 e. The van der Waals surface area contributed by atoms with Crippen molar-refractivity contribution < 1.29 is 19.1 Å². The number of hydrogen-bond donors (Lipinski definition) is 2. The molecule has 158 valence electrons. The van der Waals surface area contributed by atoms with Crippen LogP contribution in [0.15, 0.2) is 30.6 Å². The van der Waals surface area contributed by atoms with Gasteiger partial charge in [-0.25, -0.2) is 14.3 Å². The Morgan fingerprint density at radius 3 is 2.67 bits per heavy atom. The van der Waals surface area contributed by atoms with Crippen LogP contribution < -0.4 is 10.6 Å². The fourth-order valence-electron chi connectivity index (χ4n) is 3.03. The number of hydrogen-bond acceptors (Lipinski definition) is 7. The number of rotatable bonds is 8. The van der Waals surface area contributed by atoms with Gasteiger partial charge in [0.25, 0.3) is 5.78 Å². The zero-order chi connectivity index (χ0) is 21.5. The molecule has 10 nitrogen and oxygen atoms in total. The van der Waals surface area contributed by atoms with Crippen molar-refractivity contribution in [2.75, 3.05) is 31.0 Å². The Balaban J connectivity index is 1.57. The van der Waals surface area contributed by atoms with Crippen LogP contribution in [0.1, 0.15) is 23.4 Å². The lowest BCUT2D eigenvalue weighted by Gasteiger charge is -2.11. The van der Waals surface area contributed by atoms with Crippen LogP contribution in [0, 0.1) is 13.8 Å². The summed E-state index contributed by atoms with van der Waals surface area (Å²) in [5.74, 6) is 0.399. The summed E-state index contributed by atoms with van der Waals surface area (Å²) in [4.78, 5) is 32.7. The van der Waals surface area contributed by atoms with Crippen molar-refractivity contribution in [3.63, 3.8) is 0 Å². The standard InChI is InChI=1S/C20H24N6O4/c1-13-17(14(2)26-19(23-13)21-12-22-26)7-8-18(27)24-15-5-4-6-16(11-15)25-20(28)30-10-9-29-3/h4-6,11-12H,7-10H2,1-3H3,(H,24,27)(H,25,28). The number of benzene rings is 1. The number of amides is 2. The topological polar surface area (TPSA) is 120 Å². The first-order valence-electron chi connectivity index (χ1n) is 9.46. The highest BCUT2D eigenvalue weighted by Crippen LogP contribution is 2.18. The first kappa shape index (κ1) is 21.2. The molecule has 0 atom stereocenters. The van der Waals surface area contributed by atoms with E-state index in [2.05, 4.69) is 25.7 Å². The van der Waals surface area contributed by atoms with E-state index in [0.717, 1.165) is 17.0 Å². The van der Waals surface area contributed by atoms with Crippen LogP contribution in [0.3, 0.4) is 0 Å². The third-order valence-electron chi connectivity index (χ3n) is 4.50. The molecule has 0 radical (unpaired) electrons. The molecule has 3 aromatic rings. The molecule has 0 aliphatic carbocycles. The van der Waals surface area contributed by atoms with E-state index in [1.165, 1.54) is 13.4 Å². The Kier molecular flexibility index (Phi) is 6.91. The van der Waals surface area contributed by atoms with Crippen molar-refractivity contribution in [1.29, 1.82) is 0 Å². The van der Waals surface area contributed by atoms with E-state index in [-0.39, 0.29) is 18.9 Å². The number of carbonyl (C=O) groups is 2. The lowest BCUT2D eigenvalue weighted by Crippen LogP contribution is -2.17. The molecule has 3 rings (SSSR count). The molecule has 0 saturated carbocycles. The molecular formula is C20H24N6O4. The molecule has 2 N–H and O–H groups in total. The fraction of sp³-hybridized carbons (Fsp3) is 0.350. The summed E-state index contributed by atoms with van der Waals surface area (Å²) in [5, 5.41) is 9.62. The van der Waals surface area contributed by atoms with Crippen molar-refractivity contribution >= 4 is 29.2 Å². The van der Waals surface area contributed by atoms with Gasteiger partial charge in [0.05, 0.1) is 6.61 Å². The van der Waals surface area contributed by atoms with Gasteiger partial charge in [-0.1, -0.05) is 6.07 Å². The van der Waals surface area contributed by atoms with Crippen molar-refractivity contribution in [1.82, 2.24) is 19.6 Å². The predicted molar refractivity (Wildman–Crippen MR) is 110 cm³/mol. The molecule has 2 amide bonds. The highest BCUT2D eigenvalue weighted by Gasteiger charge is 2.13. The molecule has 0 spiro atoms. The second kappa shape index (κ2) is 9.79. The van der Waals surface area contributed by atoms with Crippen molar-refractivity contribution in [2.45, 2.75) is 26.7 Å². The van der Waals surface area contributed by atoms with E-state index in [9.17, 15) is 9.59 Å². The summed E-state index contributed by atoms with van der Waals surface area (Å²) in [6.07, 6.45) is 1.67. The monoisotopic (exact) mass is 412 g/mol. The summed E-state index contributed by atoms with van der Waals surface area (Å²) in [7, 11) is 1.53. The van der Waals surface area contributed by atoms with E-state index < -0.39 is 6.09 Å². The largest absolute Gasteiger partial charge is 0.447 e. The lowest BCUT2D eigenvalue weighted by molar-refractivity contribution is -0.116. The molecule has 0 bridgehead atoms. The van der Waals surface area contributed by atoms with Gasteiger partial charge in [0.2, 0.25) is 5.91 Å². The predicted octanol–water partition coefficient (Wildman–Crippen LogP) is 2.51. The maximum atomic E-state index is 12.4. The highest BCUT2D eigenvalue weighted by atomic mass is 16.6. The molecule has 0 aliphatic heterocycles. The highest BCUT2D eigenvalue weighted by molar-refractivity contribution is 5.92. The van der Waals surface area contributed by atoms with Crippen LogP contribution in [0.4, 0.5) is 16.2 Å². The molecule has 0 unspecified atom stereocenters. The van der Waals surface area contributed by atoms with Gasteiger partial charge >= 0.3 is 6.09 Å².